The average Bonchev–Trinajstić information content (AvgIpc) is 3.30. The molecule has 220 valence electrons. The third-order valence-corrected chi connectivity index (χ3v) is 12.4. The van der Waals surface area contributed by atoms with E-state index in [0.29, 0.717) is 0 Å². The summed E-state index contributed by atoms with van der Waals surface area (Å²) in [7, 11) is -2.62. The van der Waals surface area contributed by atoms with E-state index in [1.165, 1.54) is 18.2 Å². The number of carbonyl (C=O) groups excluding carboxylic acids is 2. The Kier molecular flexibility index (Phi) is 9.28. The van der Waals surface area contributed by atoms with Crippen LogP contribution in [0.3, 0.4) is 0 Å². The lowest BCUT2D eigenvalue weighted by Crippen LogP contribution is -2.54. The lowest BCUT2D eigenvalue weighted by Gasteiger charge is -2.40. The van der Waals surface area contributed by atoms with Gasteiger partial charge < -0.3 is 19.2 Å². The van der Waals surface area contributed by atoms with Crippen molar-refractivity contribution in [1.82, 2.24) is 5.32 Å². The molecule has 0 unspecified atom stereocenters. The summed E-state index contributed by atoms with van der Waals surface area (Å²) in [5, 5.41) is 13.2. The SMILES string of the molecule is C=CCOC(=O)[C@H](CO[Si](C)(C)C(C)(C)c1ccc([N+](=O)[O-])cc1)NC(=O)OCC1c2ccccc2-c2ccccc21. The second-order valence-electron chi connectivity index (χ2n) is 11.2. The Morgan fingerprint density at radius 2 is 1.57 bits per heavy atom. The molecule has 0 fully saturated rings. The van der Waals surface area contributed by atoms with Gasteiger partial charge in [0.25, 0.3) is 5.69 Å². The Balaban J connectivity index is 1.44. The van der Waals surface area contributed by atoms with Crippen molar-refractivity contribution in [2.75, 3.05) is 19.8 Å². The van der Waals surface area contributed by atoms with E-state index in [-0.39, 0.29) is 31.4 Å². The third-order valence-electron chi connectivity index (χ3n) is 8.18. The number of amides is 1. The predicted molar refractivity (Wildman–Crippen MR) is 163 cm³/mol. The molecule has 1 atom stereocenters. The van der Waals surface area contributed by atoms with Crippen molar-refractivity contribution in [3.8, 4) is 11.1 Å². The van der Waals surface area contributed by atoms with Gasteiger partial charge in [-0.15, -0.1) is 0 Å². The lowest BCUT2D eigenvalue weighted by molar-refractivity contribution is -0.384. The van der Waals surface area contributed by atoms with E-state index in [4.69, 9.17) is 13.9 Å². The molecule has 0 saturated heterocycles. The topological polar surface area (TPSA) is 117 Å². The zero-order valence-corrected chi connectivity index (χ0v) is 25.3. The highest BCUT2D eigenvalue weighted by molar-refractivity contribution is 6.74. The second-order valence-corrected chi connectivity index (χ2v) is 15.8. The van der Waals surface area contributed by atoms with Gasteiger partial charge >= 0.3 is 12.1 Å². The summed E-state index contributed by atoms with van der Waals surface area (Å²) >= 11 is 0. The monoisotopic (exact) mass is 588 g/mol. The molecule has 0 spiro atoms. The number of non-ortho nitro benzene ring substituents is 1. The van der Waals surface area contributed by atoms with Crippen molar-refractivity contribution in [3.05, 3.63) is 112 Å². The highest BCUT2D eigenvalue weighted by Crippen LogP contribution is 2.44. The molecule has 10 heteroatoms. The number of nitrogens with zero attached hydrogens (tertiary/aromatic N) is 1. The fourth-order valence-corrected chi connectivity index (χ4v) is 6.82. The van der Waals surface area contributed by atoms with E-state index in [1.807, 2.05) is 63.3 Å². The number of ether oxygens (including phenoxy) is 2. The minimum absolute atomic E-state index is 0.00672. The molecular weight excluding hydrogens is 552 g/mol. The molecule has 0 heterocycles. The molecule has 1 aliphatic carbocycles. The molecule has 0 saturated carbocycles. The van der Waals surface area contributed by atoms with E-state index in [9.17, 15) is 19.7 Å². The van der Waals surface area contributed by atoms with Crippen LogP contribution < -0.4 is 5.32 Å². The van der Waals surface area contributed by atoms with Crippen LogP contribution in [0.5, 0.6) is 0 Å². The zero-order chi connectivity index (χ0) is 30.5. The van der Waals surface area contributed by atoms with Gasteiger partial charge in [-0.2, -0.15) is 0 Å². The number of nitro groups is 1. The van der Waals surface area contributed by atoms with Crippen LogP contribution in [0.25, 0.3) is 11.1 Å². The standard InChI is InChI=1S/C32H36N2O7Si/c1-6-19-39-30(35)29(21-41-42(4,5)32(2,3)22-15-17-23(18-16-22)34(37)38)33-31(36)40-20-28-26-13-9-7-11-24(26)25-12-8-10-14-27(25)28/h6-18,28-29H,1,19-21H2,2-5H3,(H,33,36)/t29-/m0/s1. The van der Waals surface area contributed by atoms with Crippen LogP contribution in [0.1, 0.15) is 36.5 Å². The molecule has 0 aliphatic heterocycles. The third kappa shape index (κ3) is 6.45. The molecule has 1 N–H and O–H groups in total. The van der Waals surface area contributed by atoms with E-state index in [1.54, 1.807) is 12.1 Å². The lowest BCUT2D eigenvalue weighted by atomic mass is 9.98. The summed E-state index contributed by atoms with van der Waals surface area (Å²) in [4.78, 5) is 36.5. The van der Waals surface area contributed by atoms with Crippen LogP contribution in [0.4, 0.5) is 10.5 Å². The Hall–Kier alpha value is -4.28. The van der Waals surface area contributed by atoms with Crippen LogP contribution in [-0.4, -0.2) is 51.2 Å². The van der Waals surface area contributed by atoms with E-state index in [0.717, 1.165) is 27.8 Å². The number of hydrogen-bond acceptors (Lipinski definition) is 7. The Bertz CT molecular complexity index is 1420. The molecule has 1 amide bonds. The average molecular weight is 589 g/mol. The van der Waals surface area contributed by atoms with Crippen LogP contribution in [-0.2, 0) is 23.7 Å². The predicted octanol–water partition coefficient (Wildman–Crippen LogP) is 6.27. The van der Waals surface area contributed by atoms with Gasteiger partial charge in [0, 0.05) is 23.1 Å². The Labute approximate surface area is 246 Å². The molecule has 3 aromatic rings. The number of esters is 1. The van der Waals surface area contributed by atoms with Crippen LogP contribution in [0.2, 0.25) is 13.1 Å². The minimum Gasteiger partial charge on any atom is -0.460 e. The van der Waals surface area contributed by atoms with Gasteiger partial charge in [-0.05, 0) is 40.9 Å². The van der Waals surface area contributed by atoms with Crippen LogP contribution in [0, 0.1) is 10.1 Å². The molecule has 9 nitrogen and oxygen atoms in total. The van der Waals surface area contributed by atoms with Gasteiger partial charge in [-0.25, -0.2) is 9.59 Å². The van der Waals surface area contributed by atoms with Crippen LogP contribution in [0.15, 0.2) is 85.5 Å². The molecule has 0 aromatic heterocycles. The number of nitro benzene ring substituents is 1. The molecule has 0 radical (unpaired) electrons. The largest absolute Gasteiger partial charge is 0.460 e. The first kappa shape index (κ1) is 30.7. The van der Waals surface area contributed by atoms with Gasteiger partial charge in [0.15, 0.2) is 14.4 Å². The maximum atomic E-state index is 13.0. The van der Waals surface area contributed by atoms with Gasteiger partial charge in [0.05, 0.1) is 11.5 Å². The highest BCUT2D eigenvalue weighted by Gasteiger charge is 2.43. The van der Waals surface area contributed by atoms with Crippen molar-refractivity contribution < 1.29 is 28.4 Å². The number of benzene rings is 3. The van der Waals surface area contributed by atoms with Crippen molar-refractivity contribution in [2.24, 2.45) is 0 Å². The van der Waals surface area contributed by atoms with Gasteiger partial charge in [-0.3, -0.25) is 10.1 Å². The number of carbonyl (C=O) groups is 2. The first-order valence-electron chi connectivity index (χ1n) is 13.7. The van der Waals surface area contributed by atoms with Gasteiger partial charge in [0.1, 0.15) is 13.2 Å². The number of alkyl carbamates (subject to hydrolysis) is 1. The van der Waals surface area contributed by atoms with E-state index in [2.05, 4.69) is 24.0 Å². The molecule has 4 rings (SSSR count). The first-order chi connectivity index (χ1) is 20.0. The molecule has 3 aromatic carbocycles. The summed E-state index contributed by atoms with van der Waals surface area (Å²) in [6, 6.07) is 21.3. The minimum atomic E-state index is -2.62. The van der Waals surface area contributed by atoms with E-state index < -0.39 is 36.4 Å². The fourth-order valence-electron chi connectivity index (χ4n) is 5.01. The Morgan fingerprint density at radius 1 is 1.00 bits per heavy atom. The molecule has 0 bridgehead atoms. The fraction of sp³-hybridized carbons (Fsp3) is 0.312. The zero-order valence-electron chi connectivity index (χ0n) is 24.3. The van der Waals surface area contributed by atoms with Gasteiger partial charge in [0.2, 0.25) is 0 Å². The maximum absolute atomic E-state index is 13.0. The molecular formula is C32H36N2O7Si. The number of hydrogen-bond donors (Lipinski definition) is 1. The van der Waals surface area contributed by atoms with Gasteiger partial charge in [-0.1, -0.05) is 87.2 Å². The smallest absolute Gasteiger partial charge is 0.407 e. The summed E-state index contributed by atoms with van der Waals surface area (Å²) in [6.07, 6.45) is 0.689. The van der Waals surface area contributed by atoms with Crippen molar-refractivity contribution in [1.29, 1.82) is 0 Å². The summed E-state index contributed by atoms with van der Waals surface area (Å²) in [5.74, 6) is -0.791. The molecule has 42 heavy (non-hydrogen) atoms. The summed E-state index contributed by atoms with van der Waals surface area (Å²) in [6.45, 7) is 11.5. The normalized spacial score (nSPS) is 13.4. The summed E-state index contributed by atoms with van der Waals surface area (Å²) < 4.78 is 17.3. The number of rotatable bonds is 12. The highest BCUT2D eigenvalue weighted by atomic mass is 28.4. The molecule has 1 aliphatic rings. The quantitative estimate of drug-likeness (QED) is 0.0871. The van der Waals surface area contributed by atoms with Crippen molar-refractivity contribution in [2.45, 2.75) is 43.9 Å². The van der Waals surface area contributed by atoms with E-state index >= 15 is 0 Å². The first-order valence-corrected chi connectivity index (χ1v) is 16.6. The maximum Gasteiger partial charge on any atom is 0.407 e. The van der Waals surface area contributed by atoms with Crippen molar-refractivity contribution >= 4 is 26.1 Å². The summed E-state index contributed by atoms with van der Waals surface area (Å²) in [5.41, 5.74) is 5.27. The van der Waals surface area contributed by atoms with Crippen LogP contribution >= 0.6 is 0 Å². The van der Waals surface area contributed by atoms with Crippen molar-refractivity contribution in [3.63, 3.8) is 0 Å². The second kappa shape index (κ2) is 12.7. The number of nitrogens with one attached hydrogen (secondary N) is 1. The Morgan fingerprint density at radius 3 is 2.12 bits per heavy atom. The number of fused-ring (bicyclic) bond motifs is 3.